The highest BCUT2D eigenvalue weighted by Gasteiger charge is 2.10. The first-order chi connectivity index (χ1) is 12.0. The Bertz CT molecular complexity index is 749. The largest absolute Gasteiger partial charge is 0.496 e. The maximum Gasteiger partial charge on any atom is 0.307 e. The van der Waals surface area contributed by atoms with E-state index >= 15 is 0 Å². The Morgan fingerprint density at radius 2 is 1.88 bits per heavy atom. The molecule has 2 aromatic carbocycles. The molecule has 2 aromatic rings. The first-order valence-corrected chi connectivity index (χ1v) is 7.89. The number of carbonyl (C=O) groups is 2. The van der Waals surface area contributed by atoms with E-state index in [9.17, 15) is 14.0 Å². The molecule has 0 saturated heterocycles. The number of benzene rings is 2. The van der Waals surface area contributed by atoms with Crippen LogP contribution in [-0.2, 0) is 16.1 Å². The zero-order valence-electron chi connectivity index (χ0n) is 13.6. The van der Waals surface area contributed by atoms with Crippen molar-refractivity contribution in [2.75, 3.05) is 13.7 Å². The monoisotopic (exact) mass is 365 g/mol. The lowest BCUT2D eigenvalue weighted by molar-refractivity contribution is -0.144. The van der Waals surface area contributed by atoms with Gasteiger partial charge in [0.2, 0.25) is 0 Å². The van der Waals surface area contributed by atoms with E-state index in [-0.39, 0.29) is 25.5 Å². The van der Waals surface area contributed by atoms with E-state index in [0.717, 1.165) is 0 Å². The summed E-state index contributed by atoms with van der Waals surface area (Å²) >= 11 is 5.75. The molecule has 2 rings (SSSR count). The molecule has 25 heavy (non-hydrogen) atoms. The van der Waals surface area contributed by atoms with Gasteiger partial charge in [0.1, 0.15) is 18.2 Å². The van der Waals surface area contributed by atoms with Crippen molar-refractivity contribution in [2.45, 2.75) is 13.0 Å². The van der Waals surface area contributed by atoms with Crippen LogP contribution in [0.2, 0.25) is 5.02 Å². The van der Waals surface area contributed by atoms with Gasteiger partial charge in [-0.3, -0.25) is 9.59 Å². The summed E-state index contributed by atoms with van der Waals surface area (Å²) in [5.41, 5.74) is 0.878. The Hall–Kier alpha value is -2.60. The maximum absolute atomic E-state index is 13.2. The van der Waals surface area contributed by atoms with Crippen LogP contribution in [-0.4, -0.2) is 25.5 Å². The topological polar surface area (TPSA) is 64.6 Å². The van der Waals surface area contributed by atoms with Crippen molar-refractivity contribution in [1.29, 1.82) is 0 Å². The number of hydrogen-bond acceptors (Lipinski definition) is 4. The summed E-state index contributed by atoms with van der Waals surface area (Å²) in [6.45, 7) is 0.0193. The van der Waals surface area contributed by atoms with Gasteiger partial charge in [0.05, 0.1) is 13.5 Å². The van der Waals surface area contributed by atoms with Crippen LogP contribution in [0.5, 0.6) is 5.75 Å². The Labute approximate surface area is 149 Å². The van der Waals surface area contributed by atoms with Crippen molar-refractivity contribution < 1.29 is 23.5 Å². The van der Waals surface area contributed by atoms with Crippen LogP contribution in [0.4, 0.5) is 4.39 Å². The lowest BCUT2D eigenvalue weighted by Crippen LogP contribution is -2.26. The smallest absolute Gasteiger partial charge is 0.307 e. The van der Waals surface area contributed by atoms with Crippen molar-refractivity contribution in [3.8, 4) is 5.75 Å². The second-order valence-corrected chi connectivity index (χ2v) is 5.57. The SMILES string of the molecule is COc1ccc(F)cc1COC(=O)CCNC(=O)c1ccc(Cl)cc1. The fourth-order valence-corrected chi connectivity index (χ4v) is 2.20. The van der Waals surface area contributed by atoms with Gasteiger partial charge < -0.3 is 14.8 Å². The quantitative estimate of drug-likeness (QED) is 0.764. The molecule has 0 aliphatic rings. The fourth-order valence-electron chi connectivity index (χ4n) is 2.07. The molecular formula is C18H17ClFNO4. The molecule has 5 nitrogen and oxygen atoms in total. The normalized spacial score (nSPS) is 10.2. The Balaban J connectivity index is 1.76. The van der Waals surface area contributed by atoms with Crippen LogP contribution < -0.4 is 10.1 Å². The predicted octanol–water partition coefficient (Wildman–Crippen LogP) is 3.35. The molecule has 0 aromatic heterocycles. The van der Waals surface area contributed by atoms with Crippen LogP contribution in [0.3, 0.4) is 0 Å². The van der Waals surface area contributed by atoms with Crippen molar-refractivity contribution in [2.24, 2.45) is 0 Å². The predicted molar refractivity (Wildman–Crippen MR) is 91.2 cm³/mol. The van der Waals surface area contributed by atoms with Gasteiger partial charge in [-0.25, -0.2) is 4.39 Å². The minimum absolute atomic E-state index is 0.00301. The molecule has 1 amide bonds. The molecule has 0 unspecified atom stereocenters. The fraction of sp³-hybridized carbons (Fsp3) is 0.222. The van der Waals surface area contributed by atoms with Gasteiger partial charge >= 0.3 is 5.97 Å². The molecule has 0 bridgehead atoms. The molecule has 0 aliphatic heterocycles. The molecule has 0 atom stereocenters. The van der Waals surface area contributed by atoms with Gasteiger partial charge in [-0.05, 0) is 42.5 Å². The highest BCUT2D eigenvalue weighted by Crippen LogP contribution is 2.20. The van der Waals surface area contributed by atoms with Crippen molar-refractivity contribution in [3.63, 3.8) is 0 Å². The molecule has 132 valence electrons. The molecule has 0 fully saturated rings. The minimum atomic E-state index is -0.511. The van der Waals surface area contributed by atoms with Crippen LogP contribution in [0, 0.1) is 5.82 Å². The zero-order chi connectivity index (χ0) is 18.2. The Morgan fingerprint density at radius 1 is 1.16 bits per heavy atom. The van der Waals surface area contributed by atoms with Gasteiger partial charge in [0.15, 0.2) is 0 Å². The molecule has 1 N–H and O–H groups in total. The minimum Gasteiger partial charge on any atom is -0.496 e. The van der Waals surface area contributed by atoms with E-state index in [2.05, 4.69) is 5.32 Å². The van der Waals surface area contributed by atoms with Crippen LogP contribution in [0.25, 0.3) is 0 Å². The second kappa shape index (κ2) is 9.03. The molecule has 0 aliphatic carbocycles. The number of hydrogen-bond donors (Lipinski definition) is 1. The van der Waals surface area contributed by atoms with Crippen LogP contribution in [0.1, 0.15) is 22.3 Å². The molecule has 0 saturated carbocycles. The van der Waals surface area contributed by atoms with E-state index in [1.165, 1.54) is 25.3 Å². The van der Waals surface area contributed by atoms with Crippen LogP contribution >= 0.6 is 11.6 Å². The first kappa shape index (κ1) is 18.7. The molecular weight excluding hydrogens is 349 g/mol. The van der Waals surface area contributed by atoms with Gasteiger partial charge in [-0.2, -0.15) is 0 Å². The number of esters is 1. The second-order valence-electron chi connectivity index (χ2n) is 5.13. The summed E-state index contributed by atoms with van der Waals surface area (Å²) in [5.74, 6) is -0.827. The molecule has 0 heterocycles. The van der Waals surface area contributed by atoms with Gasteiger partial charge in [0.25, 0.3) is 5.91 Å². The summed E-state index contributed by atoms with van der Waals surface area (Å²) in [6.07, 6.45) is -0.00301. The summed E-state index contributed by atoms with van der Waals surface area (Å²) in [4.78, 5) is 23.6. The first-order valence-electron chi connectivity index (χ1n) is 7.51. The number of halogens is 2. The number of carbonyl (C=O) groups excluding carboxylic acids is 2. The number of rotatable bonds is 7. The number of methoxy groups -OCH3 is 1. The van der Waals surface area contributed by atoms with E-state index < -0.39 is 11.8 Å². The highest BCUT2D eigenvalue weighted by atomic mass is 35.5. The lowest BCUT2D eigenvalue weighted by Gasteiger charge is -2.10. The molecule has 7 heteroatoms. The van der Waals surface area contributed by atoms with Crippen LogP contribution in [0.15, 0.2) is 42.5 Å². The standard InChI is InChI=1S/C18H17ClFNO4/c1-24-16-7-6-15(20)10-13(16)11-25-17(22)8-9-21-18(23)12-2-4-14(19)5-3-12/h2-7,10H,8-9,11H2,1H3,(H,21,23). The van der Waals surface area contributed by atoms with Gasteiger partial charge in [-0.15, -0.1) is 0 Å². The zero-order valence-corrected chi connectivity index (χ0v) is 14.3. The van der Waals surface area contributed by atoms with E-state index in [4.69, 9.17) is 21.1 Å². The molecule has 0 spiro atoms. The summed E-state index contributed by atoms with van der Waals surface area (Å²) in [7, 11) is 1.45. The number of nitrogens with one attached hydrogen (secondary N) is 1. The van der Waals surface area contributed by atoms with Crippen molar-refractivity contribution in [1.82, 2.24) is 5.32 Å². The Kier molecular flexibility index (Phi) is 6.77. The summed E-state index contributed by atoms with van der Waals surface area (Å²) in [6, 6.07) is 10.4. The summed E-state index contributed by atoms with van der Waals surface area (Å²) < 4.78 is 23.4. The molecule has 0 radical (unpaired) electrons. The average molecular weight is 366 g/mol. The van der Waals surface area contributed by atoms with Gasteiger partial charge in [-0.1, -0.05) is 11.6 Å². The number of ether oxygens (including phenoxy) is 2. The average Bonchev–Trinajstić information content (AvgIpc) is 2.60. The lowest BCUT2D eigenvalue weighted by atomic mass is 10.2. The Morgan fingerprint density at radius 3 is 2.56 bits per heavy atom. The van der Waals surface area contributed by atoms with E-state index in [0.29, 0.717) is 21.9 Å². The third kappa shape index (κ3) is 5.76. The summed E-state index contributed by atoms with van der Waals surface area (Å²) in [5, 5.41) is 3.15. The number of amides is 1. The van der Waals surface area contributed by atoms with Crippen molar-refractivity contribution in [3.05, 3.63) is 64.4 Å². The third-order valence-corrected chi connectivity index (χ3v) is 3.60. The van der Waals surface area contributed by atoms with E-state index in [1.807, 2.05) is 0 Å². The van der Waals surface area contributed by atoms with Crippen molar-refractivity contribution >= 4 is 23.5 Å². The maximum atomic E-state index is 13.2. The third-order valence-electron chi connectivity index (χ3n) is 3.35. The highest BCUT2D eigenvalue weighted by molar-refractivity contribution is 6.30. The van der Waals surface area contributed by atoms with Gasteiger partial charge in [0, 0.05) is 22.7 Å². The van der Waals surface area contributed by atoms with E-state index in [1.54, 1.807) is 24.3 Å².